The fourth-order valence-electron chi connectivity index (χ4n) is 3.82. The molecule has 0 spiro atoms. The van der Waals surface area contributed by atoms with Gasteiger partial charge in [0.05, 0.1) is 28.5 Å². The van der Waals surface area contributed by atoms with Gasteiger partial charge in [-0.3, -0.25) is 19.9 Å². The Bertz CT molecular complexity index is 1040. The van der Waals surface area contributed by atoms with Crippen molar-refractivity contribution in [1.82, 2.24) is 0 Å². The summed E-state index contributed by atoms with van der Waals surface area (Å²) < 4.78 is 24.5. The third-order valence-corrected chi connectivity index (χ3v) is 6.69. The van der Waals surface area contributed by atoms with Crippen LogP contribution in [0.3, 0.4) is 0 Å². The molecular formula is C18H17N3O5S. The van der Waals surface area contributed by atoms with Crippen LogP contribution in [0.4, 0.5) is 21.9 Å². The molecule has 0 aliphatic carbocycles. The van der Waals surface area contributed by atoms with Crippen LogP contribution in [0.5, 0.6) is 0 Å². The van der Waals surface area contributed by atoms with Crippen molar-refractivity contribution >= 4 is 32.9 Å². The number of nitrogens with zero attached hydrogens (tertiary/aromatic N) is 3. The molecule has 2 saturated heterocycles. The van der Waals surface area contributed by atoms with Crippen LogP contribution in [0, 0.1) is 17.0 Å². The van der Waals surface area contributed by atoms with E-state index in [-0.39, 0.29) is 23.2 Å². The number of aryl methyl sites for hydroxylation is 1. The predicted octanol–water partition coefficient (Wildman–Crippen LogP) is 2.52. The second-order valence-electron chi connectivity index (χ2n) is 6.85. The normalized spacial score (nSPS) is 23.5. The van der Waals surface area contributed by atoms with Crippen LogP contribution >= 0.6 is 0 Å². The summed E-state index contributed by atoms with van der Waals surface area (Å²) in [6.45, 7) is 1.90. The first kappa shape index (κ1) is 17.5. The Morgan fingerprint density at radius 2 is 1.59 bits per heavy atom. The number of carbonyl (C=O) groups is 1. The third kappa shape index (κ3) is 2.93. The summed E-state index contributed by atoms with van der Waals surface area (Å²) in [5.41, 5.74) is 1.98. The van der Waals surface area contributed by atoms with Gasteiger partial charge in [0.1, 0.15) is 0 Å². The molecule has 0 radical (unpaired) electrons. The number of sulfone groups is 1. The van der Waals surface area contributed by atoms with Gasteiger partial charge in [-0.2, -0.15) is 0 Å². The highest BCUT2D eigenvalue weighted by Gasteiger charge is 2.54. The van der Waals surface area contributed by atoms with E-state index in [0.717, 1.165) is 5.56 Å². The lowest BCUT2D eigenvalue weighted by Gasteiger charge is -2.23. The molecule has 2 amide bonds. The van der Waals surface area contributed by atoms with E-state index in [1.165, 1.54) is 34.1 Å². The maximum atomic E-state index is 13.2. The Labute approximate surface area is 156 Å². The number of fused-ring (bicyclic) bond motifs is 1. The number of hydrogen-bond acceptors (Lipinski definition) is 5. The van der Waals surface area contributed by atoms with Crippen molar-refractivity contribution in [2.45, 2.75) is 19.0 Å². The number of carbonyl (C=O) groups excluding carboxylic acids is 1. The topological polar surface area (TPSA) is 101 Å². The van der Waals surface area contributed by atoms with Gasteiger partial charge in [0.15, 0.2) is 9.84 Å². The molecule has 8 nitrogen and oxygen atoms in total. The molecule has 2 aromatic rings. The van der Waals surface area contributed by atoms with Crippen molar-refractivity contribution in [3.63, 3.8) is 0 Å². The molecular weight excluding hydrogens is 370 g/mol. The van der Waals surface area contributed by atoms with E-state index < -0.39 is 26.8 Å². The standard InChI is InChI=1S/C18H17N3O5S/c1-12-3-2-4-15(9-12)20-17-11-27(25,26)10-16(17)19(18(20)22)13-5-7-14(8-6-13)21(23)24/h2-9,16-17H,10-11H2,1H3/t16-,17-/m1/s1. The van der Waals surface area contributed by atoms with Crippen molar-refractivity contribution in [2.24, 2.45) is 0 Å². The number of rotatable bonds is 3. The molecule has 0 aromatic heterocycles. The molecule has 2 atom stereocenters. The molecule has 0 bridgehead atoms. The van der Waals surface area contributed by atoms with Gasteiger partial charge in [-0.1, -0.05) is 12.1 Å². The number of non-ortho nitro benzene ring substituents is 1. The van der Waals surface area contributed by atoms with E-state index in [4.69, 9.17) is 0 Å². The van der Waals surface area contributed by atoms with E-state index in [0.29, 0.717) is 11.4 Å². The summed E-state index contributed by atoms with van der Waals surface area (Å²) in [4.78, 5) is 26.5. The minimum absolute atomic E-state index is 0.0865. The zero-order valence-electron chi connectivity index (χ0n) is 14.5. The highest BCUT2D eigenvalue weighted by Crippen LogP contribution is 2.38. The number of anilines is 2. The van der Waals surface area contributed by atoms with Crippen molar-refractivity contribution in [3.05, 3.63) is 64.2 Å². The number of urea groups is 1. The number of nitro benzene ring substituents is 1. The second-order valence-corrected chi connectivity index (χ2v) is 9.00. The molecule has 2 heterocycles. The molecule has 27 heavy (non-hydrogen) atoms. The van der Waals surface area contributed by atoms with Gasteiger partial charge in [0, 0.05) is 23.5 Å². The van der Waals surface area contributed by atoms with E-state index in [2.05, 4.69) is 0 Å². The van der Waals surface area contributed by atoms with Crippen molar-refractivity contribution in [3.8, 4) is 0 Å². The molecule has 2 fully saturated rings. The Hall–Kier alpha value is -2.94. The number of nitro groups is 1. The fourth-order valence-corrected chi connectivity index (χ4v) is 5.74. The van der Waals surface area contributed by atoms with E-state index in [1.807, 2.05) is 25.1 Å². The summed E-state index contributed by atoms with van der Waals surface area (Å²) in [6.07, 6.45) is 0. The van der Waals surface area contributed by atoms with Crippen molar-refractivity contribution in [2.75, 3.05) is 21.3 Å². The summed E-state index contributed by atoms with van der Waals surface area (Å²) >= 11 is 0. The zero-order valence-corrected chi connectivity index (χ0v) is 15.3. The first-order valence-corrected chi connectivity index (χ1v) is 10.2. The second kappa shape index (κ2) is 6.05. The summed E-state index contributed by atoms with van der Waals surface area (Å²) in [7, 11) is -3.29. The highest BCUT2D eigenvalue weighted by molar-refractivity contribution is 7.91. The molecule has 2 aliphatic rings. The van der Waals surface area contributed by atoms with Crippen molar-refractivity contribution in [1.29, 1.82) is 0 Å². The average molecular weight is 387 g/mol. The Morgan fingerprint density at radius 1 is 1.00 bits per heavy atom. The number of hydrogen-bond donors (Lipinski definition) is 0. The summed E-state index contributed by atoms with van der Waals surface area (Å²) in [5, 5.41) is 10.9. The van der Waals surface area contributed by atoms with Crippen LogP contribution in [0.1, 0.15) is 5.56 Å². The summed E-state index contributed by atoms with van der Waals surface area (Å²) in [6, 6.07) is 11.6. The van der Waals surface area contributed by atoms with Gasteiger partial charge in [-0.25, -0.2) is 13.2 Å². The quantitative estimate of drug-likeness (QED) is 0.458. The smallest absolute Gasteiger partial charge is 0.288 e. The van der Waals surface area contributed by atoms with Gasteiger partial charge >= 0.3 is 6.03 Å². The first-order chi connectivity index (χ1) is 12.8. The van der Waals surface area contributed by atoms with Crippen molar-refractivity contribution < 1.29 is 18.1 Å². The molecule has 2 aromatic carbocycles. The van der Waals surface area contributed by atoms with Crippen LogP contribution in [0.2, 0.25) is 0 Å². The minimum atomic E-state index is -3.29. The molecule has 140 valence electrons. The van der Waals surface area contributed by atoms with Crippen LogP contribution in [0.25, 0.3) is 0 Å². The van der Waals surface area contributed by atoms with Crippen LogP contribution in [-0.2, 0) is 9.84 Å². The monoisotopic (exact) mass is 387 g/mol. The van der Waals surface area contributed by atoms with Gasteiger partial charge < -0.3 is 0 Å². The molecule has 9 heteroatoms. The lowest BCUT2D eigenvalue weighted by Crippen LogP contribution is -2.37. The van der Waals surface area contributed by atoms with E-state index >= 15 is 0 Å². The van der Waals surface area contributed by atoms with E-state index in [1.54, 1.807) is 6.07 Å². The SMILES string of the molecule is Cc1cccc(N2C(=O)N(c3ccc([N+](=O)[O-])cc3)[C@@H]3CS(=O)(=O)C[C@H]32)c1. The number of amides is 2. The van der Waals surface area contributed by atoms with Gasteiger partial charge in [0.25, 0.3) is 5.69 Å². The van der Waals surface area contributed by atoms with Gasteiger partial charge in [-0.15, -0.1) is 0 Å². The third-order valence-electron chi connectivity index (χ3n) is 4.99. The number of benzene rings is 2. The van der Waals surface area contributed by atoms with E-state index in [9.17, 15) is 23.3 Å². The Kier molecular flexibility index (Phi) is 3.92. The molecule has 2 aliphatic heterocycles. The molecule has 4 rings (SSSR count). The first-order valence-electron chi connectivity index (χ1n) is 8.41. The highest BCUT2D eigenvalue weighted by atomic mass is 32.2. The molecule has 0 saturated carbocycles. The summed E-state index contributed by atoms with van der Waals surface area (Å²) in [5.74, 6) is -0.219. The largest absolute Gasteiger partial charge is 0.329 e. The van der Waals surface area contributed by atoms with Crippen LogP contribution < -0.4 is 9.80 Å². The van der Waals surface area contributed by atoms with Crippen LogP contribution in [0.15, 0.2) is 48.5 Å². The van der Waals surface area contributed by atoms with Gasteiger partial charge in [-0.05, 0) is 36.8 Å². The lowest BCUT2D eigenvalue weighted by atomic mass is 10.1. The maximum absolute atomic E-state index is 13.2. The van der Waals surface area contributed by atoms with Crippen LogP contribution in [-0.4, -0.2) is 43.0 Å². The van der Waals surface area contributed by atoms with Gasteiger partial charge in [0.2, 0.25) is 0 Å². The zero-order chi connectivity index (χ0) is 19.3. The average Bonchev–Trinajstić information content (AvgIpc) is 3.03. The lowest BCUT2D eigenvalue weighted by molar-refractivity contribution is -0.384. The Balaban J connectivity index is 1.78. The minimum Gasteiger partial charge on any atom is -0.288 e. The molecule has 0 unspecified atom stereocenters. The maximum Gasteiger partial charge on any atom is 0.329 e. The Morgan fingerprint density at radius 3 is 2.15 bits per heavy atom. The predicted molar refractivity (Wildman–Crippen MR) is 101 cm³/mol. The fraction of sp³-hybridized carbons (Fsp3) is 0.278. The molecule has 0 N–H and O–H groups in total.